The summed E-state index contributed by atoms with van der Waals surface area (Å²) in [7, 11) is 0. The van der Waals surface area contributed by atoms with Crippen LogP contribution in [0.15, 0.2) is 77.7 Å². The second-order valence-electron chi connectivity index (χ2n) is 7.34. The van der Waals surface area contributed by atoms with Gasteiger partial charge in [-0.15, -0.1) is 11.8 Å². The predicted octanol–water partition coefficient (Wildman–Crippen LogP) is 6.25. The standard InChI is InChI=1S/C27H30N2O4S/c1-3-32-24-19-23(29-27(31)20-12-7-5-8-13-20)25(33-4-2)18-22(24)28-26(30)16-11-17-34-21-14-9-6-10-15-21/h5-10,12-15,18-19H,3-4,11,16-17H2,1-2H3,(H,28,30)(H,29,31). The van der Waals surface area contributed by atoms with Crippen molar-refractivity contribution in [1.29, 1.82) is 0 Å². The van der Waals surface area contributed by atoms with Gasteiger partial charge in [0.05, 0.1) is 24.6 Å². The first-order chi connectivity index (χ1) is 16.6. The summed E-state index contributed by atoms with van der Waals surface area (Å²) in [5, 5.41) is 5.83. The van der Waals surface area contributed by atoms with E-state index in [2.05, 4.69) is 22.8 Å². The normalized spacial score (nSPS) is 10.4. The van der Waals surface area contributed by atoms with E-state index in [1.165, 1.54) is 4.90 Å². The van der Waals surface area contributed by atoms with Crippen molar-refractivity contribution in [3.05, 3.63) is 78.4 Å². The lowest BCUT2D eigenvalue weighted by atomic mass is 10.2. The molecule has 2 amide bonds. The first-order valence-electron chi connectivity index (χ1n) is 11.4. The van der Waals surface area contributed by atoms with Gasteiger partial charge in [0.1, 0.15) is 11.5 Å². The van der Waals surface area contributed by atoms with Gasteiger partial charge in [0.15, 0.2) is 0 Å². The fourth-order valence-electron chi connectivity index (χ4n) is 3.24. The van der Waals surface area contributed by atoms with Crippen LogP contribution in [0, 0.1) is 0 Å². The molecule has 0 fully saturated rings. The van der Waals surface area contributed by atoms with Crippen LogP contribution in [-0.4, -0.2) is 30.8 Å². The molecule has 3 aromatic carbocycles. The van der Waals surface area contributed by atoms with Crippen molar-refractivity contribution in [1.82, 2.24) is 0 Å². The van der Waals surface area contributed by atoms with Gasteiger partial charge in [-0.05, 0) is 50.3 Å². The molecule has 6 nitrogen and oxygen atoms in total. The number of ether oxygens (including phenoxy) is 2. The summed E-state index contributed by atoms with van der Waals surface area (Å²) in [4.78, 5) is 26.5. The number of carbonyl (C=O) groups is 2. The molecule has 0 unspecified atom stereocenters. The van der Waals surface area contributed by atoms with Crippen LogP contribution in [0.5, 0.6) is 11.5 Å². The van der Waals surface area contributed by atoms with Crippen LogP contribution >= 0.6 is 11.8 Å². The van der Waals surface area contributed by atoms with Gasteiger partial charge in [-0.2, -0.15) is 0 Å². The number of hydrogen-bond donors (Lipinski definition) is 2. The molecule has 0 aliphatic carbocycles. The Morgan fingerprint density at radius 2 is 1.35 bits per heavy atom. The molecule has 0 saturated heterocycles. The highest BCUT2D eigenvalue weighted by Gasteiger charge is 2.17. The van der Waals surface area contributed by atoms with Gasteiger partial charge in [-0.25, -0.2) is 0 Å². The van der Waals surface area contributed by atoms with Crippen molar-refractivity contribution in [2.45, 2.75) is 31.6 Å². The van der Waals surface area contributed by atoms with Gasteiger partial charge in [-0.1, -0.05) is 36.4 Å². The highest BCUT2D eigenvalue weighted by atomic mass is 32.2. The molecule has 2 N–H and O–H groups in total. The third kappa shape index (κ3) is 7.56. The van der Waals surface area contributed by atoms with Gasteiger partial charge >= 0.3 is 0 Å². The minimum atomic E-state index is -0.253. The van der Waals surface area contributed by atoms with E-state index in [0.717, 1.165) is 12.2 Å². The molecule has 0 bridgehead atoms. The van der Waals surface area contributed by atoms with Crippen LogP contribution in [0.3, 0.4) is 0 Å². The third-order valence-corrected chi connectivity index (χ3v) is 5.90. The van der Waals surface area contributed by atoms with E-state index in [9.17, 15) is 9.59 Å². The lowest BCUT2D eigenvalue weighted by Gasteiger charge is -2.18. The van der Waals surface area contributed by atoms with E-state index >= 15 is 0 Å². The van der Waals surface area contributed by atoms with E-state index in [0.29, 0.717) is 48.1 Å². The maximum Gasteiger partial charge on any atom is 0.255 e. The average molecular weight is 479 g/mol. The summed E-state index contributed by atoms with van der Waals surface area (Å²) in [5.41, 5.74) is 1.54. The lowest BCUT2D eigenvalue weighted by molar-refractivity contribution is -0.116. The molecule has 178 valence electrons. The van der Waals surface area contributed by atoms with Crippen LogP contribution in [0.2, 0.25) is 0 Å². The van der Waals surface area contributed by atoms with Crippen LogP contribution in [0.1, 0.15) is 37.0 Å². The monoisotopic (exact) mass is 478 g/mol. The number of amides is 2. The fourth-order valence-corrected chi connectivity index (χ4v) is 4.12. The second kappa shape index (κ2) is 13.3. The second-order valence-corrected chi connectivity index (χ2v) is 8.51. The molecule has 0 radical (unpaired) electrons. The lowest BCUT2D eigenvalue weighted by Crippen LogP contribution is -2.15. The molecule has 0 spiro atoms. The number of anilines is 2. The van der Waals surface area contributed by atoms with Crippen LogP contribution in [0.4, 0.5) is 11.4 Å². The summed E-state index contributed by atoms with van der Waals surface area (Å²) in [6, 6.07) is 22.5. The summed E-state index contributed by atoms with van der Waals surface area (Å²) >= 11 is 1.73. The van der Waals surface area contributed by atoms with Crippen molar-refractivity contribution in [3.63, 3.8) is 0 Å². The van der Waals surface area contributed by atoms with Crippen molar-refractivity contribution >= 4 is 35.0 Å². The zero-order chi connectivity index (χ0) is 24.2. The van der Waals surface area contributed by atoms with E-state index in [1.807, 2.05) is 38.1 Å². The molecule has 0 aromatic heterocycles. The zero-order valence-electron chi connectivity index (χ0n) is 19.5. The van der Waals surface area contributed by atoms with E-state index in [1.54, 1.807) is 48.2 Å². The van der Waals surface area contributed by atoms with Crippen LogP contribution in [0.25, 0.3) is 0 Å². The number of rotatable bonds is 12. The summed E-state index contributed by atoms with van der Waals surface area (Å²) in [6.07, 6.45) is 1.14. The molecule has 0 heterocycles. The number of nitrogens with one attached hydrogen (secondary N) is 2. The van der Waals surface area contributed by atoms with Crippen LogP contribution < -0.4 is 20.1 Å². The Morgan fingerprint density at radius 3 is 1.94 bits per heavy atom. The molecule has 0 aliphatic rings. The van der Waals surface area contributed by atoms with Crippen molar-refractivity contribution in [2.24, 2.45) is 0 Å². The Balaban J connectivity index is 1.68. The molecule has 34 heavy (non-hydrogen) atoms. The molecular formula is C27H30N2O4S. The van der Waals surface area contributed by atoms with Gasteiger partial charge in [0.25, 0.3) is 5.91 Å². The molecule has 0 saturated carbocycles. The highest BCUT2D eigenvalue weighted by molar-refractivity contribution is 7.99. The molecular weight excluding hydrogens is 448 g/mol. The number of hydrogen-bond acceptors (Lipinski definition) is 5. The van der Waals surface area contributed by atoms with Crippen LogP contribution in [-0.2, 0) is 4.79 Å². The van der Waals surface area contributed by atoms with Gasteiger partial charge in [-0.3, -0.25) is 9.59 Å². The SMILES string of the molecule is CCOc1cc(NC(=O)c2ccccc2)c(OCC)cc1NC(=O)CCCSc1ccccc1. The third-order valence-electron chi connectivity index (χ3n) is 4.80. The smallest absolute Gasteiger partial charge is 0.255 e. The summed E-state index contributed by atoms with van der Waals surface area (Å²) in [6.45, 7) is 4.55. The largest absolute Gasteiger partial charge is 0.492 e. The topological polar surface area (TPSA) is 76.7 Å². The first kappa shape index (κ1) is 25.2. The summed E-state index contributed by atoms with van der Waals surface area (Å²) in [5.74, 6) is 1.44. The minimum Gasteiger partial charge on any atom is -0.492 e. The molecule has 0 aliphatic heterocycles. The van der Waals surface area contributed by atoms with Crippen molar-refractivity contribution in [3.8, 4) is 11.5 Å². The molecule has 3 rings (SSSR count). The Bertz CT molecular complexity index is 1070. The number of benzene rings is 3. The highest BCUT2D eigenvalue weighted by Crippen LogP contribution is 2.37. The number of thioether (sulfide) groups is 1. The number of carbonyl (C=O) groups excluding carboxylic acids is 2. The summed E-state index contributed by atoms with van der Waals surface area (Å²) < 4.78 is 11.5. The Morgan fingerprint density at radius 1 is 0.794 bits per heavy atom. The van der Waals surface area contributed by atoms with E-state index in [-0.39, 0.29) is 11.8 Å². The Kier molecular flexibility index (Phi) is 9.85. The molecule has 7 heteroatoms. The minimum absolute atomic E-state index is 0.0989. The maximum absolute atomic E-state index is 12.7. The Labute approximate surface area is 205 Å². The molecule has 0 atom stereocenters. The van der Waals surface area contributed by atoms with Crippen molar-refractivity contribution < 1.29 is 19.1 Å². The first-order valence-corrected chi connectivity index (χ1v) is 12.4. The van der Waals surface area contributed by atoms with E-state index in [4.69, 9.17) is 9.47 Å². The maximum atomic E-state index is 12.7. The van der Waals surface area contributed by atoms with Crippen molar-refractivity contribution in [2.75, 3.05) is 29.6 Å². The van der Waals surface area contributed by atoms with Gasteiger partial charge < -0.3 is 20.1 Å². The van der Waals surface area contributed by atoms with Gasteiger partial charge in [0, 0.05) is 29.0 Å². The zero-order valence-corrected chi connectivity index (χ0v) is 20.3. The fraction of sp³-hybridized carbons (Fsp3) is 0.259. The van der Waals surface area contributed by atoms with E-state index < -0.39 is 0 Å². The average Bonchev–Trinajstić information content (AvgIpc) is 2.86. The Hall–Kier alpha value is -3.45. The van der Waals surface area contributed by atoms with Gasteiger partial charge in [0.2, 0.25) is 5.91 Å². The molecule has 3 aromatic rings. The predicted molar refractivity (Wildman–Crippen MR) is 138 cm³/mol. The quantitative estimate of drug-likeness (QED) is 0.238.